The lowest BCUT2D eigenvalue weighted by Crippen LogP contribution is -1.96. The third-order valence-corrected chi connectivity index (χ3v) is 9.69. The van der Waals surface area contributed by atoms with Gasteiger partial charge in [-0.1, -0.05) is 146 Å². The van der Waals surface area contributed by atoms with Crippen molar-refractivity contribution in [2.75, 3.05) is 0 Å². The molecule has 0 aliphatic heterocycles. The Morgan fingerprint density at radius 3 is 1.60 bits per heavy atom. The lowest BCUT2D eigenvalue weighted by molar-refractivity contribution is 1.18. The lowest BCUT2D eigenvalue weighted by atomic mass is 10.0. The van der Waals surface area contributed by atoms with Gasteiger partial charge in [0.05, 0.1) is 27.8 Å². The number of nitrogens with zero attached hydrogens (tertiary/aromatic N) is 3. The number of hydrogen-bond donors (Lipinski definition) is 0. The summed E-state index contributed by atoms with van der Waals surface area (Å²) in [6, 6.07) is 63.0. The SMILES string of the molecule is c1ccc(-c2ccc(-c3nc(-c4ccccc4)c4c5ccccc5c5cc6c(cc5n34)c3ccccc3n6-c3ccccc3)cc2)cc1. The van der Waals surface area contributed by atoms with Gasteiger partial charge in [0.15, 0.2) is 0 Å². The number of pyridine rings is 1. The molecule has 3 aromatic heterocycles. The van der Waals surface area contributed by atoms with E-state index < -0.39 is 0 Å². The first-order valence-corrected chi connectivity index (χ1v) is 16.4. The van der Waals surface area contributed by atoms with Gasteiger partial charge in [0.2, 0.25) is 0 Å². The summed E-state index contributed by atoms with van der Waals surface area (Å²) in [5.74, 6) is 0.936. The Labute approximate surface area is 277 Å². The van der Waals surface area contributed by atoms with Gasteiger partial charge in [-0.05, 0) is 46.8 Å². The predicted molar refractivity (Wildman–Crippen MR) is 201 cm³/mol. The van der Waals surface area contributed by atoms with Crippen molar-refractivity contribution < 1.29 is 0 Å². The van der Waals surface area contributed by atoms with Crippen molar-refractivity contribution in [3.05, 3.63) is 176 Å². The van der Waals surface area contributed by atoms with Crippen molar-refractivity contribution in [2.24, 2.45) is 0 Å². The number of imidazole rings is 1. The molecule has 48 heavy (non-hydrogen) atoms. The Hall–Kier alpha value is -6.45. The summed E-state index contributed by atoms with van der Waals surface area (Å²) < 4.78 is 4.81. The summed E-state index contributed by atoms with van der Waals surface area (Å²) in [6.45, 7) is 0. The molecule has 0 unspecified atom stereocenters. The Kier molecular flexibility index (Phi) is 5.87. The standard InChI is InChI=1S/C45H29N3/c1-4-14-30(15-5-1)31-24-26-33(27-25-31)45-46-43(32-16-6-2-7-17-32)44-37-22-11-10-20-35(37)38-28-41-39(29-42(38)48(44)45)36-21-12-13-23-40(36)47(41)34-18-8-3-9-19-34/h1-29H. The second kappa shape index (κ2) is 10.5. The molecular formula is C45H29N3. The van der Waals surface area contributed by atoms with Crippen LogP contribution in [-0.4, -0.2) is 14.0 Å². The van der Waals surface area contributed by atoms with Gasteiger partial charge in [-0.2, -0.15) is 0 Å². The van der Waals surface area contributed by atoms with Crippen LogP contribution in [0.4, 0.5) is 0 Å². The van der Waals surface area contributed by atoms with E-state index in [2.05, 4.69) is 185 Å². The van der Waals surface area contributed by atoms with E-state index in [0.29, 0.717) is 0 Å². The van der Waals surface area contributed by atoms with Crippen LogP contribution < -0.4 is 0 Å². The first kappa shape index (κ1) is 26.7. The molecule has 3 heteroatoms. The number of hydrogen-bond acceptors (Lipinski definition) is 1. The molecule has 0 spiro atoms. The molecule has 0 radical (unpaired) electrons. The van der Waals surface area contributed by atoms with Crippen molar-refractivity contribution in [2.45, 2.75) is 0 Å². The zero-order chi connectivity index (χ0) is 31.6. The van der Waals surface area contributed by atoms with E-state index in [1.807, 2.05) is 0 Å². The molecule has 0 aliphatic rings. The van der Waals surface area contributed by atoms with E-state index in [1.54, 1.807) is 0 Å². The van der Waals surface area contributed by atoms with Crippen LogP contribution in [-0.2, 0) is 0 Å². The van der Waals surface area contributed by atoms with Crippen LogP contribution in [0.2, 0.25) is 0 Å². The number of fused-ring (bicyclic) bond motifs is 9. The quantitative estimate of drug-likeness (QED) is 0.182. The zero-order valence-corrected chi connectivity index (χ0v) is 26.1. The van der Waals surface area contributed by atoms with Crippen molar-refractivity contribution in [1.82, 2.24) is 14.0 Å². The van der Waals surface area contributed by atoms with Crippen LogP contribution >= 0.6 is 0 Å². The largest absolute Gasteiger partial charge is 0.309 e. The summed E-state index contributed by atoms with van der Waals surface area (Å²) in [6.07, 6.45) is 0. The van der Waals surface area contributed by atoms with Gasteiger partial charge in [-0.15, -0.1) is 0 Å². The average Bonchev–Trinajstić information content (AvgIpc) is 3.72. The molecule has 0 bridgehead atoms. The van der Waals surface area contributed by atoms with Crippen molar-refractivity contribution in [3.8, 4) is 39.5 Å². The molecule has 0 N–H and O–H groups in total. The fraction of sp³-hybridized carbons (Fsp3) is 0. The highest BCUT2D eigenvalue weighted by atomic mass is 15.0. The van der Waals surface area contributed by atoms with Gasteiger partial charge in [-0.3, -0.25) is 4.40 Å². The maximum absolute atomic E-state index is 5.49. The maximum atomic E-state index is 5.49. The van der Waals surface area contributed by atoms with Crippen molar-refractivity contribution >= 4 is 49.0 Å². The predicted octanol–water partition coefficient (Wildman–Crippen LogP) is 11.7. The van der Waals surface area contributed by atoms with Gasteiger partial charge in [0.1, 0.15) is 5.82 Å². The second-order valence-corrected chi connectivity index (χ2v) is 12.4. The van der Waals surface area contributed by atoms with Gasteiger partial charge < -0.3 is 4.57 Å². The summed E-state index contributed by atoms with van der Waals surface area (Å²) in [5.41, 5.74) is 11.4. The van der Waals surface area contributed by atoms with Gasteiger partial charge in [-0.25, -0.2) is 4.98 Å². The third-order valence-electron chi connectivity index (χ3n) is 9.69. The van der Waals surface area contributed by atoms with E-state index >= 15 is 0 Å². The highest BCUT2D eigenvalue weighted by molar-refractivity contribution is 6.21. The molecule has 10 aromatic rings. The topological polar surface area (TPSA) is 22.2 Å². The number of para-hydroxylation sites is 2. The maximum Gasteiger partial charge on any atom is 0.145 e. The summed E-state index contributed by atoms with van der Waals surface area (Å²) in [4.78, 5) is 5.49. The summed E-state index contributed by atoms with van der Waals surface area (Å²) >= 11 is 0. The summed E-state index contributed by atoms with van der Waals surface area (Å²) in [7, 11) is 0. The second-order valence-electron chi connectivity index (χ2n) is 12.4. The van der Waals surface area contributed by atoms with Crippen LogP contribution in [0.25, 0.3) is 88.5 Å². The monoisotopic (exact) mass is 611 g/mol. The highest BCUT2D eigenvalue weighted by Gasteiger charge is 2.22. The molecule has 224 valence electrons. The fourth-order valence-corrected chi connectivity index (χ4v) is 7.52. The van der Waals surface area contributed by atoms with Gasteiger partial charge >= 0.3 is 0 Å². The van der Waals surface area contributed by atoms with Crippen LogP contribution in [0.5, 0.6) is 0 Å². The Bertz CT molecular complexity index is 2790. The lowest BCUT2D eigenvalue weighted by Gasteiger charge is -2.14. The van der Waals surface area contributed by atoms with E-state index in [1.165, 1.54) is 49.1 Å². The molecular weight excluding hydrogens is 583 g/mol. The molecule has 3 nitrogen and oxygen atoms in total. The van der Waals surface area contributed by atoms with Crippen LogP contribution in [0.15, 0.2) is 176 Å². The molecule has 3 heterocycles. The molecule has 0 aliphatic carbocycles. The van der Waals surface area contributed by atoms with Crippen molar-refractivity contribution in [3.63, 3.8) is 0 Å². The first-order chi connectivity index (χ1) is 23.8. The molecule has 0 atom stereocenters. The van der Waals surface area contributed by atoms with Crippen LogP contribution in [0.1, 0.15) is 0 Å². The smallest absolute Gasteiger partial charge is 0.145 e. The Morgan fingerprint density at radius 2 is 0.875 bits per heavy atom. The summed E-state index contributed by atoms with van der Waals surface area (Å²) in [5, 5.41) is 6.06. The molecule has 0 amide bonds. The number of aromatic nitrogens is 3. The van der Waals surface area contributed by atoms with Crippen LogP contribution in [0, 0.1) is 0 Å². The zero-order valence-electron chi connectivity index (χ0n) is 26.1. The van der Waals surface area contributed by atoms with Crippen molar-refractivity contribution in [1.29, 1.82) is 0 Å². The van der Waals surface area contributed by atoms with E-state index in [4.69, 9.17) is 4.98 Å². The number of rotatable bonds is 4. The molecule has 0 saturated carbocycles. The third kappa shape index (κ3) is 3.98. The van der Waals surface area contributed by atoms with Gasteiger partial charge in [0, 0.05) is 38.4 Å². The number of benzene rings is 7. The fourth-order valence-electron chi connectivity index (χ4n) is 7.52. The normalized spacial score (nSPS) is 11.8. The van der Waals surface area contributed by atoms with E-state index in [-0.39, 0.29) is 0 Å². The molecule has 10 rings (SSSR count). The van der Waals surface area contributed by atoms with Gasteiger partial charge in [0.25, 0.3) is 0 Å². The highest BCUT2D eigenvalue weighted by Crippen LogP contribution is 2.42. The minimum absolute atomic E-state index is 0.936. The molecule has 0 saturated heterocycles. The Balaban J connectivity index is 1.36. The molecule has 0 fully saturated rings. The average molecular weight is 612 g/mol. The molecule has 7 aromatic carbocycles. The minimum Gasteiger partial charge on any atom is -0.309 e. The first-order valence-electron chi connectivity index (χ1n) is 16.4. The minimum atomic E-state index is 0.936. The van der Waals surface area contributed by atoms with E-state index in [0.717, 1.165) is 39.4 Å². The Morgan fingerprint density at radius 1 is 0.354 bits per heavy atom. The van der Waals surface area contributed by atoms with Crippen LogP contribution in [0.3, 0.4) is 0 Å². The van der Waals surface area contributed by atoms with E-state index in [9.17, 15) is 0 Å².